The second-order valence-electron chi connectivity index (χ2n) is 5.72. The highest BCUT2D eigenvalue weighted by atomic mass is 32.2. The molecule has 2 heterocycles. The minimum absolute atomic E-state index is 0.0850. The van der Waals surface area contributed by atoms with Crippen molar-refractivity contribution < 1.29 is 18.7 Å². The molecule has 2 N–H and O–H groups in total. The third-order valence-electron chi connectivity index (χ3n) is 3.81. The molecule has 1 saturated heterocycles. The molecule has 1 fully saturated rings. The summed E-state index contributed by atoms with van der Waals surface area (Å²) < 4.78 is 19.0. The molecule has 27 heavy (non-hydrogen) atoms. The Hall–Kier alpha value is -2.40. The second kappa shape index (κ2) is 9.00. The van der Waals surface area contributed by atoms with Gasteiger partial charge in [-0.2, -0.15) is 0 Å². The van der Waals surface area contributed by atoms with Gasteiger partial charge in [0.25, 0.3) is 5.91 Å². The van der Waals surface area contributed by atoms with Crippen LogP contribution >= 0.6 is 23.1 Å². The molecule has 0 bridgehead atoms. The van der Waals surface area contributed by atoms with Crippen LogP contribution in [-0.4, -0.2) is 65.5 Å². The highest BCUT2D eigenvalue weighted by Crippen LogP contribution is 2.28. The Balaban J connectivity index is 1.44. The molecule has 144 valence electrons. The number of carbonyl (C=O) groups excluding carboxylic acids is 2. The number of rotatable bonds is 7. The molecule has 3 rings (SSSR count). The number of benzene rings is 1. The molecule has 0 radical (unpaired) electrons. The minimum Gasteiger partial charge on any atom is -0.484 e. The molecule has 1 aromatic carbocycles. The predicted octanol–water partition coefficient (Wildman–Crippen LogP) is 0.982. The molecule has 0 saturated carbocycles. The summed E-state index contributed by atoms with van der Waals surface area (Å²) in [4.78, 5) is 26.9. The Morgan fingerprint density at radius 1 is 1.19 bits per heavy atom. The number of amides is 2. The first-order valence-corrected chi connectivity index (χ1v) is 9.97. The summed E-state index contributed by atoms with van der Waals surface area (Å²) in [5.74, 6) is -0.234. The number of ether oxygens (including phenoxy) is 1. The van der Waals surface area contributed by atoms with Gasteiger partial charge in [0, 0.05) is 26.2 Å². The topological polar surface area (TPSA) is 102 Å². The zero-order chi connectivity index (χ0) is 19.2. The third kappa shape index (κ3) is 5.54. The van der Waals surface area contributed by atoms with Crippen molar-refractivity contribution in [2.24, 2.45) is 5.73 Å². The Kier molecular flexibility index (Phi) is 6.45. The van der Waals surface area contributed by atoms with Crippen molar-refractivity contribution in [3.63, 3.8) is 0 Å². The van der Waals surface area contributed by atoms with Gasteiger partial charge < -0.3 is 20.3 Å². The fourth-order valence-corrected chi connectivity index (χ4v) is 4.07. The monoisotopic (exact) mass is 411 g/mol. The number of nitrogens with two attached hydrogens (primary N) is 1. The van der Waals surface area contributed by atoms with Gasteiger partial charge in [-0.05, 0) is 24.3 Å². The van der Waals surface area contributed by atoms with Crippen molar-refractivity contribution in [1.29, 1.82) is 0 Å². The van der Waals surface area contributed by atoms with Crippen molar-refractivity contribution >= 4 is 40.0 Å². The van der Waals surface area contributed by atoms with Gasteiger partial charge in [-0.1, -0.05) is 23.1 Å². The maximum Gasteiger partial charge on any atom is 0.260 e. The maximum absolute atomic E-state index is 12.9. The summed E-state index contributed by atoms with van der Waals surface area (Å²) in [6.07, 6.45) is 0. The molecule has 2 aromatic rings. The summed E-state index contributed by atoms with van der Waals surface area (Å²) in [5.41, 5.74) is 5.12. The van der Waals surface area contributed by atoms with Gasteiger partial charge >= 0.3 is 0 Å². The zero-order valence-corrected chi connectivity index (χ0v) is 16.0. The van der Waals surface area contributed by atoms with Gasteiger partial charge in [0.05, 0.1) is 5.75 Å². The van der Waals surface area contributed by atoms with Crippen LogP contribution in [0.3, 0.4) is 0 Å². The molecule has 11 heteroatoms. The molecular weight excluding hydrogens is 393 g/mol. The number of aromatic nitrogens is 2. The number of piperazine rings is 1. The van der Waals surface area contributed by atoms with Crippen LogP contribution < -0.4 is 15.4 Å². The van der Waals surface area contributed by atoms with Gasteiger partial charge in [0.1, 0.15) is 11.6 Å². The SMILES string of the molecule is NC(=O)CSc1nnc(N2CCN(C(=O)COc3ccc(F)cc3)CC2)s1. The molecule has 1 aliphatic heterocycles. The van der Waals surface area contributed by atoms with Crippen LogP contribution in [0.15, 0.2) is 28.6 Å². The van der Waals surface area contributed by atoms with Gasteiger partial charge in [-0.3, -0.25) is 9.59 Å². The zero-order valence-electron chi connectivity index (χ0n) is 14.3. The van der Waals surface area contributed by atoms with Gasteiger partial charge in [-0.25, -0.2) is 4.39 Å². The van der Waals surface area contributed by atoms with Crippen molar-refractivity contribution in [3.05, 3.63) is 30.1 Å². The molecular formula is C16H18FN5O3S2. The molecule has 0 unspecified atom stereocenters. The van der Waals surface area contributed by atoms with Crippen LogP contribution in [-0.2, 0) is 9.59 Å². The lowest BCUT2D eigenvalue weighted by atomic mass is 10.3. The van der Waals surface area contributed by atoms with Crippen LogP contribution in [0.2, 0.25) is 0 Å². The van der Waals surface area contributed by atoms with Gasteiger partial charge in [-0.15, -0.1) is 10.2 Å². The fourth-order valence-electron chi connectivity index (χ4n) is 2.44. The average molecular weight is 411 g/mol. The van der Waals surface area contributed by atoms with E-state index in [4.69, 9.17) is 10.5 Å². The van der Waals surface area contributed by atoms with E-state index < -0.39 is 5.91 Å². The van der Waals surface area contributed by atoms with E-state index in [1.54, 1.807) is 4.90 Å². The molecule has 0 atom stereocenters. The summed E-state index contributed by atoms with van der Waals surface area (Å²) in [5, 5.41) is 8.94. The lowest BCUT2D eigenvalue weighted by Crippen LogP contribution is -2.50. The number of thioether (sulfide) groups is 1. The van der Waals surface area contributed by atoms with Gasteiger partial charge in [0.2, 0.25) is 11.0 Å². The quantitative estimate of drug-likeness (QED) is 0.678. The maximum atomic E-state index is 12.9. The lowest BCUT2D eigenvalue weighted by molar-refractivity contribution is -0.133. The van der Waals surface area contributed by atoms with Crippen molar-refractivity contribution in [1.82, 2.24) is 15.1 Å². The van der Waals surface area contributed by atoms with Crippen LogP contribution in [0.25, 0.3) is 0 Å². The number of anilines is 1. The smallest absolute Gasteiger partial charge is 0.260 e. The van der Waals surface area contributed by atoms with E-state index >= 15 is 0 Å². The van der Waals surface area contributed by atoms with Crippen LogP contribution in [0.4, 0.5) is 9.52 Å². The third-order valence-corrected chi connectivity index (χ3v) is 5.95. The number of hydrogen-bond acceptors (Lipinski definition) is 8. The van der Waals surface area contributed by atoms with E-state index in [2.05, 4.69) is 15.1 Å². The summed E-state index contributed by atoms with van der Waals surface area (Å²) >= 11 is 2.66. The standard InChI is InChI=1S/C16H18FN5O3S2/c17-11-1-3-12(4-2-11)25-9-14(24)21-5-7-22(8-6-21)15-19-20-16(27-15)26-10-13(18)23/h1-4H,5-10H2,(H2,18,23). The van der Waals surface area contributed by atoms with Crippen molar-refractivity contribution in [2.45, 2.75) is 4.34 Å². The number of primary amides is 1. The van der Waals surface area contributed by atoms with Crippen LogP contribution in [0, 0.1) is 5.82 Å². The van der Waals surface area contributed by atoms with Crippen molar-refractivity contribution in [2.75, 3.05) is 43.4 Å². The van der Waals surface area contributed by atoms with E-state index in [1.165, 1.54) is 47.4 Å². The van der Waals surface area contributed by atoms with E-state index in [1.807, 2.05) is 0 Å². The van der Waals surface area contributed by atoms with Crippen LogP contribution in [0.5, 0.6) is 5.75 Å². The predicted molar refractivity (Wildman–Crippen MR) is 101 cm³/mol. The molecule has 0 aliphatic carbocycles. The lowest BCUT2D eigenvalue weighted by Gasteiger charge is -2.34. The highest BCUT2D eigenvalue weighted by molar-refractivity contribution is 8.01. The normalized spacial score (nSPS) is 14.3. The van der Waals surface area contributed by atoms with E-state index in [9.17, 15) is 14.0 Å². The number of halogens is 1. The number of nitrogens with zero attached hydrogens (tertiary/aromatic N) is 4. The molecule has 8 nitrogen and oxygen atoms in total. The van der Waals surface area contributed by atoms with Crippen LogP contribution in [0.1, 0.15) is 0 Å². The van der Waals surface area contributed by atoms with E-state index in [0.29, 0.717) is 36.3 Å². The van der Waals surface area contributed by atoms with E-state index in [0.717, 1.165) is 5.13 Å². The highest BCUT2D eigenvalue weighted by Gasteiger charge is 2.23. The Labute approximate surface area is 163 Å². The summed E-state index contributed by atoms with van der Waals surface area (Å²) in [6, 6.07) is 5.56. The average Bonchev–Trinajstić information content (AvgIpc) is 3.15. The molecule has 1 aromatic heterocycles. The largest absolute Gasteiger partial charge is 0.484 e. The second-order valence-corrected chi connectivity index (χ2v) is 7.89. The molecule has 1 aliphatic rings. The fraction of sp³-hybridized carbons (Fsp3) is 0.375. The number of hydrogen-bond donors (Lipinski definition) is 1. The Morgan fingerprint density at radius 3 is 2.56 bits per heavy atom. The first kappa shape index (κ1) is 19.4. The first-order chi connectivity index (χ1) is 13.0. The van der Waals surface area contributed by atoms with E-state index in [-0.39, 0.29) is 24.1 Å². The Bertz CT molecular complexity index is 794. The minimum atomic E-state index is -0.397. The summed E-state index contributed by atoms with van der Waals surface area (Å²) in [6.45, 7) is 2.29. The summed E-state index contributed by atoms with van der Waals surface area (Å²) in [7, 11) is 0. The first-order valence-electron chi connectivity index (χ1n) is 8.17. The van der Waals surface area contributed by atoms with Crippen molar-refractivity contribution in [3.8, 4) is 5.75 Å². The Morgan fingerprint density at radius 2 is 1.89 bits per heavy atom. The van der Waals surface area contributed by atoms with Gasteiger partial charge in [0.15, 0.2) is 10.9 Å². The number of carbonyl (C=O) groups is 2. The molecule has 2 amide bonds. The molecule has 0 spiro atoms.